The Balaban J connectivity index is 1.93. The van der Waals surface area contributed by atoms with Crippen molar-refractivity contribution in [3.8, 4) is 11.5 Å². The van der Waals surface area contributed by atoms with Crippen LogP contribution in [0.3, 0.4) is 0 Å². The second kappa shape index (κ2) is 6.78. The number of aromatic carboxylic acids is 1. The summed E-state index contributed by atoms with van der Waals surface area (Å²) in [6.07, 6.45) is 0. The number of hydrogen-bond donors (Lipinski definition) is 1. The molecule has 3 aromatic rings. The Morgan fingerprint density at radius 1 is 0.760 bits per heavy atom. The summed E-state index contributed by atoms with van der Waals surface area (Å²) in [5.41, 5.74) is -0.257. The molecule has 0 saturated carbocycles. The van der Waals surface area contributed by atoms with Crippen LogP contribution >= 0.6 is 0 Å². The number of carbonyl (C=O) groups is 1. The molecule has 0 spiro atoms. The SMILES string of the molecule is O=C(O)c1ccccc1S(=O)(=O)c1ccc(Oc2ccccc2)cc1. The van der Waals surface area contributed by atoms with E-state index in [1.807, 2.05) is 18.2 Å². The fraction of sp³-hybridized carbons (Fsp3) is 0. The molecule has 0 saturated heterocycles. The van der Waals surface area contributed by atoms with Gasteiger partial charge in [0.2, 0.25) is 9.84 Å². The molecule has 0 aliphatic carbocycles. The summed E-state index contributed by atoms with van der Waals surface area (Å²) in [5.74, 6) is -0.172. The first-order chi connectivity index (χ1) is 12.0. The van der Waals surface area contributed by atoms with E-state index in [1.165, 1.54) is 48.5 Å². The van der Waals surface area contributed by atoms with Crippen molar-refractivity contribution in [2.75, 3.05) is 0 Å². The van der Waals surface area contributed by atoms with Crippen LogP contribution in [-0.4, -0.2) is 19.5 Å². The van der Waals surface area contributed by atoms with Crippen molar-refractivity contribution in [1.29, 1.82) is 0 Å². The predicted octanol–water partition coefficient (Wildman–Crippen LogP) is 4.01. The van der Waals surface area contributed by atoms with E-state index in [9.17, 15) is 18.3 Å². The predicted molar refractivity (Wildman–Crippen MR) is 91.8 cm³/mol. The monoisotopic (exact) mass is 354 g/mol. The smallest absolute Gasteiger partial charge is 0.337 e. The number of ether oxygens (including phenoxy) is 1. The van der Waals surface area contributed by atoms with Crippen LogP contribution in [0.15, 0.2) is 88.7 Å². The molecule has 1 N–H and O–H groups in total. The van der Waals surface area contributed by atoms with Crippen LogP contribution in [0.1, 0.15) is 10.4 Å². The largest absolute Gasteiger partial charge is 0.478 e. The molecule has 0 aliphatic rings. The lowest BCUT2D eigenvalue weighted by molar-refractivity contribution is 0.0692. The van der Waals surface area contributed by atoms with Gasteiger partial charge in [0.15, 0.2) is 0 Å². The maximum atomic E-state index is 12.7. The molecule has 0 fully saturated rings. The highest BCUT2D eigenvalue weighted by atomic mass is 32.2. The zero-order valence-corrected chi connectivity index (χ0v) is 13.8. The third-order valence-electron chi connectivity index (χ3n) is 3.52. The topological polar surface area (TPSA) is 80.7 Å². The van der Waals surface area contributed by atoms with E-state index < -0.39 is 15.8 Å². The van der Waals surface area contributed by atoms with E-state index in [1.54, 1.807) is 12.1 Å². The Labute approximate surface area is 145 Å². The van der Waals surface area contributed by atoms with Crippen LogP contribution in [0.5, 0.6) is 11.5 Å². The Morgan fingerprint density at radius 3 is 1.96 bits per heavy atom. The van der Waals surface area contributed by atoms with Crippen LogP contribution in [0, 0.1) is 0 Å². The van der Waals surface area contributed by atoms with Gasteiger partial charge in [-0.05, 0) is 48.5 Å². The van der Waals surface area contributed by atoms with Gasteiger partial charge in [0, 0.05) is 0 Å². The van der Waals surface area contributed by atoms with Crippen molar-refractivity contribution >= 4 is 15.8 Å². The molecule has 5 nitrogen and oxygen atoms in total. The van der Waals surface area contributed by atoms with Gasteiger partial charge in [-0.1, -0.05) is 30.3 Å². The molecule has 3 rings (SSSR count). The lowest BCUT2D eigenvalue weighted by Gasteiger charge is -2.09. The summed E-state index contributed by atoms with van der Waals surface area (Å²) in [5, 5.41) is 9.20. The highest BCUT2D eigenvalue weighted by Crippen LogP contribution is 2.27. The zero-order chi connectivity index (χ0) is 17.9. The van der Waals surface area contributed by atoms with Gasteiger partial charge in [-0.3, -0.25) is 0 Å². The normalized spacial score (nSPS) is 11.0. The summed E-state index contributed by atoms with van der Waals surface area (Å²) in [7, 11) is -3.94. The highest BCUT2D eigenvalue weighted by molar-refractivity contribution is 7.91. The molecule has 0 unspecified atom stereocenters. The Bertz CT molecular complexity index is 993. The van der Waals surface area contributed by atoms with E-state index in [0.29, 0.717) is 11.5 Å². The fourth-order valence-electron chi connectivity index (χ4n) is 2.32. The lowest BCUT2D eigenvalue weighted by Crippen LogP contribution is -2.09. The molecule has 0 heterocycles. The standard InChI is InChI=1S/C19H14O5S/c20-19(21)17-8-4-5-9-18(17)25(22,23)16-12-10-15(11-13-16)24-14-6-2-1-3-7-14/h1-13H,(H,20,21). The number of hydrogen-bond acceptors (Lipinski definition) is 4. The number of carboxylic acids is 1. The molecule has 25 heavy (non-hydrogen) atoms. The minimum atomic E-state index is -3.94. The molecule has 0 radical (unpaired) electrons. The summed E-state index contributed by atoms with van der Waals surface area (Å²) < 4.78 is 31.1. The summed E-state index contributed by atoms with van der Waals surface area (Å²) >= 11 is 0. The molecule has 0 aliphatic heterocycles. The van der Waals surface area contributed by atoms with Crippen molar-refractivity contribution in [2.24, 2.45) is 0 Å². The number of para-hydroxylation sites is 1. The summed E-state index contributed by atoms with van der Waals surface area (Å²) in [6.45, 7) is 0. The van der Waals surface area contributed by atoms with Gasteiger partial charge in [-0.15, -0.1) is 0 Å². The molecular formula is C19H14O5S. The first-order valence-corrected chi connectivity index (χ1v) is 8.87. The highest BCUT2D eigenvalue weighted by Gasteiger charge is 2.23. The lowest BCUT2D eigenvalue weighted by atomic mass is 10.2. The van der Waals surface area contributed by atoms with E-state index in [-0.39, 0.29) is 15.4 Å². The van der Waals surface area contributed by atoms with Gasteiger partial charge in [-0.25, -0.2) is 13.2 Å². The van der Waals surface area contributed by atoms with Crippen LogP contribution in [0.2, 0.25) is 0 Å². The minimum absolute atomic E-state index is 0.00149. The van der Waals surface area contributed by atoms with Crippen molar-refractivity contribution in [2.45, 2.75) is 9.79 Å². The molecule has 3 aromatic carbocycles. The molecule has 0 bridgehead atoms. The van der Waals surface area contributed by atoms with Gasteiger partial charge in [0.25, 0.3) is 0 Å². The van der Waals surface area contributed by atoms with Gasteiger partial charge in [0.1, 0.15) is 11.5 Å². The van der Waals surface area contributed by atoms with Crippen LogP contribution in [0.4, 0.5) is 0 Å². The summed E-state index contributed by atoms with van der Waals surface area (Å²) in [6, 6.07) is 20.5. The van der Waals surface area contributed by atoms with E-state index in [0.717, 1.165) is 0 Å². The molecular weight excluding hydrogens is 340 g/mol. The quantitative estimate of drug-likeness (QED) is 0.749. The van der Waals surface area contributed by atoms with Crippen LogP contribution < -0.4 is 4.74 Å². The van der Waals surface area contributed by atoms with Crippen molar-refractivity contribution in [3.05, 3.63) is 84.4 Å². The minimum Gasteiger partial charge on any atom is -0.478 e. The van der Waals surface area contributed by atoms with Crippen LogP contribution in [0.25, 0.3) is 0 Å². The van der Waals surface area contributed by atoms with Gasteiger partial charge >= 0.3 is 5.97 Å². The molecule has 0 aromatic heterocycles. The number of rotatable bonds is 5. The van der Waals surface area contributed by atoms with E-state index >= 15 is 0 Å². The van der Waals surface area contributed by atoms with Crippen molar-refractivity contribution in [3.63, 3.8) is 0 Å². The molecule has 126 valence electrons. The average molecular weight is 354 g/mol. The Kier molecular flexibility index (Phi) is 4.54. The summed E-state index contributed by atoms with van der Waals surface area (Å²) in [4.78, 5) is 11.0. The van der Waals surface area contributed by atoms with Crippen molar-refractivity contribution in [1.82, 2.24) is 0 Å². The zero-order valence-electron chi connectivity index (χ0n) is 13.0. The van der Waals surface area contributed by atoms with Gasteiger partial charge in [0.05, 0.1) is 15.4 Å². The maximum absolute atomic E-state index is 12.7. The number of carboxylic acid groups (broad SMARTS) is 1. The first kappa shape index (κ1) is 16.7. The average Bonchev–Trinajstić information content (AvgIpc) is 2.63. The third-order valence-corrected chi connectivity index (χ3v) is 5.35. The van der Waals surface area contributed by atoms with E-state index in [2.05, 4.69) is 0 Å². The molecule has 6 heteroatoms. The van der Waals surface area contributed by atoms with Gasteiger partial charge in [-0.2, -0.15) is 0 Å². The van der Waals surface area contributed by atoms with Gasteiger partial charge < -0.3 is 9.84 Å². The first-order valence-electron chi connectivity index (χ1n) is 7.39. The number of sulfone groups is 1. The third kappa shape index (κ3) is 3.54. The van der Waals surface area contributed by atoms with Crippen molar-refractivity contribution < 1.29 is 23.1 Å². The second-order valence-electron chi connectivity index (χ2n) is 5.19. The van der Waals surface area contributed by atoms with E-state index in [4.69, 9.17) is 4.74 Å². The Hall–Kier alpha value is -3.12. The molecule has 0 amide bonds. The fourth-order valence-corrected chi connectivity index (χ4v) is 3.77. The maximum Gasteiger partial charge on any atom is 0.337 e. The van der Waals surface area contributed by atoms with Crippen LogP contribution in [-0.2, 0) is 9.84 Å². The number of benzene rings is 3. The second-order valence-corrected chi connectivity index (χ2v) is 7.11. The molecule has 0 atom stereocenters. The Morgan fingerprint density at radius 2 is 1.32 bits per heavy atom.